The summed E-state index contributed by atoms with van der Waals surface area (Å²) < 4.78 is 0. The van der Waals surface area contributed by atoms with Gasteiger partial charge in [-0.05, 0) is 6.42 Å². The highest BCUT2D eigenvalue weighted by Crippen LogP contribution is 2.02. The molecule has 0 saturated carbocycles. The van der Waals surface area contributed by atoms with E-state index in [2.05, 4.69) is 21.9 Å². The Bertz CT molecular complexity index is 388. The van der Waals surface area contributed by atoms with Gasteiger partial charge in [-0.3, -0.25) is 4.79 Å². The second-order valence-electron chi connectivity index (χ2n) is 4.08. The first-order chi connectivity index (χ1) is 8.52. The van der Waals surface area contributed by atoms with Crippen LogP contribution < -0.4 is 11.5 Å². The van der Waals surface area contributed by atoms with Gasteiger partial charge in [0.05, 0.1) is 0 Å². The molecule has 1 aromatic rings. The normalized spacial score (nSPS) is 10.3. The molecule has 0 bridgehead atoms. The average Bonchev–Trinajstić information content (AvgIpc) is 2.27. The van der Waals surface area contributed by atoms with Crippen LogP contribution in [-0.2, 0) is 11.2 Å². The van der Waals surface area contributed by atoms with Crippen molar-refractivity contribution >= 4 is 17.8 Å². The smallest absolute Gasteiger partial charge is 0.225 e. The van der Waals surface area contributed by atoms with E-state index in [0.29, 0.717) is 18.8 Å². The minimum Gasteiger partial charge on any atom is -0.368 e. The standard InChI is InChI=1S/C11H20N6O/c1-3-4-6-17(8(2)18)7-5-9-14-10(12)16-11(13)15-9/h3-7H2,1-2H3,(H4,12,13,14,15,16). The summed E-state index contributed by atoms with van der Waals surface area (Å²) in [5.41, 5.74) is 11.0. The van der Waals surface area contributed by atoms with Crippen LogP contribution in [0, 0.1) is 0 Å². The van der Waals surface area contributed by atoms with Crippen LogP contribution in [0.4, 0.5) is 11.9 Å². The second-order valence-corrected chi connectivity index (χ2v) is 4.08. The molecule has 0 radical (unpaired) electrons. The van der Waals surface area contributed by atoms with E-state index in [9.17, 15) is 4.79 Å². The number of carbonyl (C=O) groups is 1. The van der Waals surface area contributed by atoms with Gasteiger partial charge in [0.2, 0.25) is 17.8 Å². The van der Waals surface area contributed by atoms with Crippen LogP contribution in [0.25, 0.3) is 0 Å². The Kier molecular flexibility index (Phi) is 5.29. The summed E-state index contributed by atoms with van der Waals surface area (Å²) in [5.74, 6) is 0.794. The summed E-state index contributed by atoms with van der Waals surface area (Å²) >= 11 is 0. The maximum Gasteiger partial charge on any atom is 0.225 e. The predicted octanol–water partition coefficient (Wildman–Crippen LogP) is 0.227. The Labute approximate surface area is 107 Å². The SMILES string of the molecule is CCCCN(CCc1nc(N)nc(N)n1)C(C)=O. The van der Waals surface area contributed by atoms with Crippen molar-refractivity contribution in [1.82, 2.24) is 19.9 Å². The molecule has 4 N–H and O–H groups in total. The summed E-state index contributed by atoms with van der Waals surface area (Å²) in [4.78, 5) is 24.9. The van der Waals surface area contributed by atoms with Crippen LogP contribution in [0.2, 0.25) is 0 Å². The fourth-order valence-electron chi connectivity index (χ4n) is 1.58. The van der Waals surface area contributed by atoms with Crippen molar-refractivity contribution < 1.29 is 4.79 Å². The van der Waals surface area contributed by atoms with Gasteiger partial charge < -0.3 is 16.4 Å². The van der Waals surface area contributed by atoms with Gasteiger partial charge in [0.25, 0.3) is 0 Å². The first-order valence-electron chi connectivity index (χ1n) is 6.04. The van der Waals surface area contributed by atoms with Crippen molar-refractivity contribution in [3.8, 4) is 0 Å². The monoisotopic (exact) mass is 252 g/mol. The van der Waals surface area contributed by atoms with E-state index in [-0.39, 0.29) is 17.8 Å². The quantitative estimate of drug-likeness (QED) is 0.749. The zero-order valence-corrected chi connectivity index (χ0v) is 10.9. The molecule has 0 aliphatic carbocycles. The van der Waals surface area contributed by atoms with Crippen molar-refractivity contribution in [1.29, 1.82) is 0 Å². The average molecular weight is 252 g/mol. The van der Waals surface area contributed by atoms with Crippen molar-refractivity contribution in [3.05, 3.63) is 5.82 Å². The third-order valence-electron chi connectivity index (χ3n) is 2.55. The van der Waals surface area contributed by atoms with Crippen LogP contribution in [0.3, 0.4) is 0 Å². The van der Waals surface area contributed by atoms with Gasteiger partial charge in [-0.1, -0.05) is 13.3 Å². The molecular formula is C11H20N6O. The van der Waals surface area contributed by atoms with Crippen LogP contribution >= 0.6 is 0 Å². The van der Waals surface area contributed by atoms with Crippen LogP contribution in [0.15, 0.2) is 0 Å². The molecule has 0 aliphatic heterocycles. The number of anilines is 2. The van der Waals surface area contributed by atoms with Crippen LogP contribution in [-0.4, -0.2) is 38.8 Å². The first kappa shape index (κ1) is 14.1. The predicted molar refractivity (Wildman–Crippen MR) is 69.5 cm³/mol. The van der Waals surface area contributed by atoms with Gasteiger partial charge in [-0.25, -0.2) is 0 Å². The fourth-order valence-corrected chi connectivity index (χ4v) is 1.58. The third kappa shape index (κ3) is 4.52. The molecule has 100 valence electrons. The van der Waals surface area contributed by atoms with E-state index in [1.165, 1.54) is 0 Å². The topological polar surface area (TPSA) is 111 Å². The summed E-state index contributed by atoms with van der Waals surface area (Å²) in [7, 11) is 0. The summed E-state index contributed by atoms with van der Waals surface area (Å²) in [6, 6.07) is 0. The number of carbonyl (C=O) groups excluding carboxylic acids is 1. The van der Waals surface area contributed by atoms with E-state index in [4.69, 9.17) is 11.5 Å². The summed E-state index contributed by atoms with van der Waals surface area (Å²) in [6.07, 6.45) is 2.57. The van der Waals surface area contributed by atoms with E-state index < -0.39 is 0 Å². The number of aromatic nitrogens is 3. The number of hydrogen-bond acceptors (Lipinski definition) is 6. The van der Waals surface area contributed by atoms with Gasteiger partial charge in [-0.15, -0.1) is 0 Å². The lowest BCUT2D eigenvalue weighted by Gasteiger charge is -2.20. The van der Waals surface area contributed by atoms with Crippen molar-refractivity contribution in [2.75, 3.05) is 24.6 Å². The highest BCUT2D eigenvalue weighted by molar-refractivity contribution is 5.73. The number of nitrogen functional groups attached to an aromatic ring is 2. The highest BCUT2D eigenvalue weighted by atomic mass is 16.2. The Morgan fingerprint density at radius 2 is 1.78 bits per heavy atom. The van der Waals surface area contributed by atoms with Crippen LogP contribution in [0.1, 0.15) is 32.5 Å². The third-order valence-corrected chi connectivity index (χ3v) is 2.55. The van der Waals surface area contributed by atoms with Gasteiger partial charge in [0.15, 0.2) is 0 Å². The van der Waals surface area contributed by atoms with Gasteiger partial charge >= 0.3 is 0 Å². The minimum atomic E-state index is 0.0541. The lowest BCUT2D eigenvalue weighted by Crippen LogP contribution is -2.32. The minimum absolute atomic E-state index is 0.0541. The first-order valence-corrected chi connectivity index (χ1v) is 6.04. The molecule has 0 atom stereocenters. The van der Waals surface area contributed by atoms with Gasteiger partial charge in [0.1, 0.15) is 5.82 Å². The number of rotatable bonds is 6. The summed E-state index contributed by atoms with van der Waals surface area (Å²) in [6.45, 7) is 4.97. The Balaban J connectivity index is 2.58. The largest absolute Gasteiger partial charge is 0.368 e. The number of nitrogens with zero attached hydrogens (tertiary/aromatic N) is 4. The van der Waals surface area contributed by atoms with Gasteiger partial charge in [0, 0.05) is 26.4 Å². The van der Waals surface area contributed by atoms with Gasteiger partial charge in [-0.2, -0.15) is 15.0 Å². The van der Waals surface area contributed by atoms with Crippen molar-refractivity contribution in [2.45, 2.75) is 33.1 Å². The Morgan fingerprint density at radius 3 is 2.28 bits per heavy atom. The lowest BCUT2D eigenvalue weighted by molar-refractivity contribution is -0.128. The molecular weight excluding hydrogens is 232 g/mol. The molecule has 0 unspecified atom stereocenters. The number of unbranched alkanes of at least 4 members (excludes halogenated alkanes) is 1. The van der Waals surface area contributed by atoms with Crippen molar-refractivity contribution in [3.63, 3.8) is 0 Å². The molecule has 0 fully saturated rings. The van der Waals surface area contributed by atoms with Crippen LogP contribution in [0.5, 0.6) is 0 Å². The zero-order valence-electron chi connectivity index (χ0n) is 10.9. The molecule has 0 aromatic carbocycles. The molecule has 0 aliphatic rings. The zero-order chi connectivity index (χ0) is 13.5. The number of amides is 1. The Hall–Kier alpha value is -1.92. The highest BCUT2D eigenvalue weighted by Gasteiger charge is 2.09. The molecule has 1 amide bonds. The van der Waals surface area contributed by atoms with E-state index in [0.717, 1.165) is 19.4 Å². The maximum atomic E-state index is 11.4. The molecule has 0 spiro atoms. The van der Waals surface area contributed by atoms with E-state index >= 15 is 0 Å². The lowest BCUT2D eigenvalue weighted by atomic mass is 10.3. The molecule has 0 saturated heterocycles. The molecule has 7 nitrogen and oxygen atoms in total. The molecule has 18 heavy (non-hydrogen) atoms. The van der Waals surface area contributed by atoms with E-state index in [1.807, 2.05) is 0 Å². The Morgan fingerprint density at radius 1 is 1.17 bits per heavy atom. The molecule has 7 heteroatoms. The molecule has 1 rings (SSSR count). The number of nitrogens with two attached hydrogens (primary N) is 2. The molecule has 1 heterocycles. The van der Waals surface area contributed by atoms with E-state index in [1.54, 1.807) is 11.8 Å². The second kappa shape index (κ2) is 6.73. The number of hydrogen-bond donors (Lipinski definition) is 2. The summed E-state index contributed by atoms with van der Waals surface area (Å²) in [5, 5.41) is 0. The van der Waals surface area contributed by atoms with Crippen molar-refractivity contribution in [2.24, 2.45) is 0 Å². The molecule has 1 aromatic heterocycles. The maximum absolute atomic E-state index is 11.4. The fraction of sp³-hybridized carbons (Fsp3) is 0.636.